The Morgan fingerprint density at radius 3 is 2.48 bits per heavy atom. The Labute approximate surface area is 122 Å². The van der Waals surface area contributed by atoms with Crippen molar-refractivity contribution in [1.82, 2.24) is 0 Å². The van der Waals surface area contributed by atoms with Crippen molar-refractivity contribution in [3.63, 3.8) is 0 Å². The highest BCUT2D eigenvalue weighted by Gasteiger charge is 2.19. The predicted octanol–water partition coefficient (Wildman–Crippen LogP) is 3.65. The molecule has 110 valence electrons. The van der Waals surface area contributed by atoms with Crippen LogP contribution in [0.4, 0.5) is 10.1 Å². The fourth-order valence-electron chi connectivity index (χ4n) is 2.29. The van der Waals surface area contributed by atoms with Crippen molar-refractivity contribution in [3.05, 3.63) is 75.6 Å². The third-order valence-corrected chi connectivity index (χ3v) is 3.45. The molecule has 5 heteroatoms. The average molecular weight is 289 g/mol. The van der Waals surface area contributed by atoms with E-state index in [0.29, 0.717) is 12.0 Å². The summed E-state index contributed by atoms with van der Waals surface area (Å²) in [6.07, 6.45) is -0.227. The molecular weight excluding hydrogens is 273 g/mol. The lowest BCUT2D eigenvalue weighted by molar-refractivity contribution is -0.387. The molecule has 0 spiro atoms. The van der Waals surface area contributed by atoms with Gasteiger partial charge in [-0.3, -0.25) is 10.1 Å². The van der Waals surface area contributed by atoms with Crippen LogP contribution >= 0.6 is 0 Å². The van der Waals surface area contributed by atoms with Crippen molar-refractivity contribution < 1.29 is 14.4 Å². The van der Waals surface area contributed by atoms with Gasteiger partial charge in [0, 0.05) is 6.07 Å². The first-order chi connectivity index (χ1) is 9.99. The molecule has 0 saturated heterocycles. The first-order valence-corrected chi connectivity index (χ1v) is 6.65. The molecule has 0 aliphatic rings. The van der Waals surface area contributed by atoms with Crippen molar-refractivity contribution in [2.45, 2.75) is 19.4 Å². The predicted molar refractivity (Wildman–Crippen MR) is 77.3 cm³/mol. The maximum absolute atomic E-state index is 13.6. The molecule has 2 aromatic carbocycles. The van der Waals surface area contributed by atoms with Gasteiger partial charge < -0.3 is 5.11 Å². The molecule has 1 N–H and O–H groups in total. The maximum atomic E-state index is 13.6. The molecule has 21 heavy (non-hydrogen) atoms. The Hall–Kier alpha value is -2.27. The number of aliphatic hydroxyl groups excluding tert-OH is 1. The summed E-state index contributed by atoms with van der Waals surface area (Å²) in [6.45, 7) is 1.86. The molecular formula is C16H16FNO3. The van der Waals surface area contributed by atoms with E-state index in [9.17, 15) is 19.6 Å². The summed E-state index contributed by atoms with van der Waals surface area (Å²) in [6, 6.07) is 13.1. The van der Waals surface area contributed by atoms with E-state index in [1.807, 2.05) is 37.3 Å². The Morgan fingerprint density at radius 2 is 1.90 bits per heavy atom. The molecule has 2 rings (SSSR count). The molecule has 0 amide bonds. The number of nitro benzene ring substituents is 1. The van der Waals surface area contributed by atoms with E-state index in [4.69, 9.17) is 0 Å². The van der Waals surface area contributed by atoms with Crippen molar-refractivity contribution in [1.29, 1.82) is 0 Å². The minimum Gasteiger partial charge on any atom is -0.388 e. The molecule has 0 radical (unpaired) electrons. The van der Waals surface area contributed by atoms with Gasteiger partial charge in [-0.25, -0.2) is 0 Å². The fraction of sp³-hybridized carbons (Fsp3) is 0.250. The number of hydrogen-bond acceptors (Lipinski definition) is 3. The van der Waals surface area contributed by atoms with Crippen LogP contribution in [-0.4, -0.2) is 10.0 Å². The zero-order valence-electron chi connectivity index (χ0n) is 11.6. The molecule has 4 nitrogen and oxygen atoms in total. The van der Waals surface area contributed by atoms with Crippen LogP contribution in [0.5, 0.6) is 0 Å². The SMILES string of the molecule is CC(Cc1ccc([N+](=O)[O-])c(F)c1)C(O)c1ccccc1. The van der Waals surface area contributed by atoms with Gasteiger partial charge in [0.15, 0.2) is 0 Å². The Bertz CT molecular complexity index is 631. The van der Waals surface area contributed by atoms with Crippen molar-refractivity contribution in [2.24, 2.45) is 5.92 Å². The molecule has 0 fully saturated rings. The second-order valence-electron chi connectivity index (χ2n) is 5.08. The van der Waals surface area contributed by atoms with Crippen LogP contribution in [0, 0.1) is 21.8 Å². The summed E-state index contributed by atoms with van der Waals surface area (Å²) in [5.41, 5.74) is 0.892. The molecule has 0 bridgehead atoms. The second kappa shape index (κ2) is 6.45. The van der Waals surface area contributed by atoms with Crippen LogP contribution < -0.4 is 0 Å². The summed E-state index contributed by atoms with van der Waals surface area (Å²) in [5, 5.41) is 20.8. The van der Waals surface area contributed by atoms with Gasteiger partial charge in [0.2, 0.25) is 5.82 Å². The number of nitro groups is 1. The fourth-order valence-corrected chi connectivity index (χ4v) is 2.29. The van der Waals surface area contributed by atoms with E-state index in [-0.39, 0.29) is 5.92 Å². The topological polar surface area (TPSA) is 63.4 Å². The monoisotopic (exact) mass is 289 g/mol. The summed E-state index contributed by atoms with van der Waals surface area (Å²) in [7, 11) is 0. The van der Waals surface area contributed by atoms with Crippen LogP contribution in [0.3, 0.4) is 0 Å². The van der Waals surface area contributed by atoms with Gasteiger partial charge in [-0.2, -0.15) is 4.39 Å². The molecule has 0 heterocycles. The first kappa shape index (κ1) is 15.1. The van der Waals surface area contributed by atoms with Crippen LogP contribution in [-0.2, 0) is 6.42 Å². The van der Waals surface area contributed by atoms with Crippen molar-refractivity contribution in [3.8, 4) is 0 Å². The zero-order valence-corrected chi connectivity index (χ0v) is 11.6. The highest BCUT2D eigenvalue weighted by atomic mass is 19.1. The van der Waals surface area contributed by atoms with Crippen molar-refractivity contribution >= 4 is 5.69 Å². The number of halogens is 1. The van der Waals surface area contributed by atoms with Crippen LogP contribution in [0.15, 0.2) is 48.5 Å². The second-order valence-corrected chi connectivity index (χ2v) is 5.08. The van der Waals surface area contributed by atoms with E-state index in [1.165, 1.54) is 6.07 Å². The van der Waals surface area contributed by atoms with E-state index >= 15 is 0 Å². The van der Waals surface area contributed by atoms with E-state index in [1.54, 1.807) is 0 Å². The minimum absolute atomic E-state index is 0.131. The lowest BCUT2D eigenvalue weighted by Crippen LogP contribution is -2.12. The molecule has 0 aliphatic heterocycles. The van der Waals surface area contributed by atoms with Gasteiger partial charge >= 0.3 is 5.69 Å². The lowest BCUT2D eigenvalue weighted by Gasteiger charge is -2.19. The Kier molecular flexibility index (Phi) is 4.65. The molecule has 0 aliphatic carbocycles. The van der Waals surface area contributed by atoms with E-state index in [0.717, 1.165) is 17.7 Å². The van der Waals surface area contributed by atoms with Gasteiger partial charge in [0.1, 0.15) is 0 Å². The molecule has 2 aromatic rings. The number of aliphatic hydroxyl groups is 1. The standard InChI is InChI=1S/C16H16FNO3/c1-11(16(19)13-5-3-2-4-6-13)9-12-7-8-15(18(20)21)14(17)10-12/h2-8,10-11,16,19H,9H2,1H3. The summed E-state index contributed by atoms with van der Waals surface area (Å²) in [4.78, 5) is 9.83. The van der Waals surface area contributed by atoms with Gasteiger partial charge in [-0.1, -0.05) is 43.3 Å². The van der Waals surface area contributed by atoms with Gasteiger partial charge in [-0.15, -0.1) is 0 Å². The smallest absolute Gasteiger partial charge is 0.304 e. The Balaban J connectivity index is 2.11. The van der Waals surface area contributed by atoms with Gasteiger partial charge in [0.05, 0.1) is 11.0 Å². The zero-order chi connectivity index (χ0) is 15.4. The van der Waals surface area contributed by atoms with Crippen molar-refractivity contribution in [2.75, 3.05) is 0 Å². The minimum atomic E-state index is -0.848. The third-order valence-electron chi connectivity index (χ3n) is 3.45. The van der Waals surface area contributed by atoms with Crippen LogP contribution in [0.2, 0.25) is 0 Å². The molecule has 2 unspecified atom stereocenters. The molecule has 0 aromatic heterocycles. The first-order valence-electron chi connectivity index (χ1n) is 6.65. The average Bonchev–Trinajstić information content (AvgIpc) is 2.47. The van der Waals surface area contributed by atoms with Crippen LogP contribution in [0.1, 0.15) is 24.2 Å². The van der Waals surface area contributed by atoms with Crippen LogP contribution in [0.25, 0.3) is 0 Å². The summed E-state index contributed by atoms with van der Waals surface area (Å²) >= 11 is 0. The highest BCUT2D eigenvalue weighted by molar-refractivity contribution is 5.35. The highest BCUT2D eigenvalue weighted by Crippen LogP contribution is 2.26. The number of nitrogens with zero attached hydrogens (tertiary/aromatic N) is 1. The number of rotatable bonds is 5. The number of hydrogen-bond donors (Lipinski definition) is 1. The quantitative estimate of drug-likeness (QED) is 0.675. The van der Waals surface area contributed by atoms with Gasteiger partial charge in [0.25, 0.3) is 0 Å². The van der Waals surface area contributed by atoms with E-state index in [2.05, 4.69) is 0 Å². The third kappa shape index (κ3) is 3.64. The normalized spacial score (nSPS) is 13.7. The van der Waals surface area contributed by atoms with Gasteiger partial charge in [-0.05, 0) is 29.5 Å². The molecule has 2 atom stereocenters. The van der Waals surface area contributed by atoms with E-state index < -0.39 is 22.5 Å². The maximum Gasteiger partial charge on any atom is 0.304 e. The molecule has 0 saturated carbocycles. The lowest BCUT2D eigenvalue weighted by atomic mass is 9.91. The Morgan fingerprint density at radius 1 is 1.24 bits per heavy atom. The summed E-state index contributed by atoms with van der Waals surface area (Å²) < 4.78 is 13.6. The summed E-state index contributed by atoms with van der Waals surface area (Å²) in [5.74, 6) is -0.979. The number of benzene rings is 2. The largest absolute Gasteiger partial charge is 0.388 e.